The maximum Gasteiger partial charge on any atom is 0.309 e. The number of aromatic nitrogens is 1. The second-order valence-corrected chi connectivity index (χ2v) is 3.34. The second kappa shape index (κ2) is 5.07. The summed E-state index contributed by atoms with van der Waals surface area (Å²) >= 11 is 5.52. The van der Waals surface area contributed by atoms with Crippen LogP contribution in [0.3, 0.4) is 0 Å². The van der Waals surface area contributed by atoms with Gasteiger partial charge in [-0.15, -0.1) is 11.6 Å². The number of anilines is 1. The molecule has 0 fully saturated rings. The lowest BCUT2D eigenvalue weighted by Crippen LogP contribution is -2.09. The first kappa shape index (κ1) is 12.6. The average molecular weight is 251 g/mol. The molecule has 0 spiro atoms. The largest absolute Gasteiger partial charge is 0.481 e. The Morgan fingerprint density at radius 1 is 1.62 bits per heavy atom. The number of carboxylic acid groups (broad SMARTS) is 1. The van der Waals surface area contributed by atoms with Crippen LogP contribution in [0.2, 0.25) is 0 Å². The molecule has 0 atom stereocenters. The molecule has 1 rings (SSSR count). The molecule has 3 N–H and O–H groups in total. The van der Waals surface area contributed by atoms with Crippen LogP contribution in [0, 0.1) is 0 Å². The van der Waals surface area contributed by atoms with Crippen molar-refractivity contribution in [2.75, 3.05) is 5.73 Å². The van der Waals surface area contributed by atoms with E-state index < -0.39 is 24.5 Å². The Morgan fingerprint density at radius 3 is 2.69 bits per heavy atom. The Morgan fingerprint density at radius 2 is 2.25 bits per heavy atom. The summed E-state index contributed by atoms with van der Waals surface area (Å²) in [5, 5.41) is 8.54. The molecule has 16 heavy (non-hydrogen) atoms. The topological polar surface area (TPSA) is 76.2 Å². The van der Waals surface area contributed by atoms with E-state index in [1.807, 2.05) is 0 Å². The van der Waals surface area contributed by atoms with Gasteiger partial charge in [0.2, 0.25) is 0 Å². The van der Waals surface area contributed by atoms with E-state index in [4.69, 9.17) is 22.4 Å². The molecule has 1 aromatic rings. The van der Waals surface area contributed by atoms with Crippen molar-refractivity contribution in [1.29, 1.82) is 0 Å². The average Bonchev–Trinajstić information content (AvgIpc) is 2.19. The fraction of sp³-hybridized carbons (Fsp3) is 0.333. The van der Waals surface area contributed by atoms with Crippen molar-refractivity contribution in [1.82, 2.24) is 4.98 Å². The number of hydrogen-bond acceptors (Lipinski definition) is 3. The molecule has 0 radical (unpaired) electrons. The summed E-state index contributed by atoms with van der Waals surface area (Å²) < 4.78 is 25.1. The summed E-state index contributed by atoms with van der Waals surface area (Å²) in [6.45, 7) is 0. The number of alkyl halides is 3. The molecule has 1 aromatic heterocycles. The van der Waals surface area contributed by atoms with Gasteiger partial charge in [-0.1, -0.05) is 0 Å². The van der Waals surface area contributed by atoms with Gasteiger partial charge >= 0.3 is 5.97 Å². The normalized spacial score (nSPS) is 10.8. The van der Waals surface area contributed by atoms with Gasteiger partial charge in [-0.05, 0) is 11.6 Å². The predicted molar refractivity (Wildman–Crippen MR) is 54.5 cm³/mol. The third-order valence-corrected chi connectivity index (χ3v) is 2.20. The van der Waals surface area contributed by atoms with Crippen molar-refractivity contribution < 1.29 is 18.7 Å². The van der Waals surface area contributed by atoms with Crippen LogP contribution in [0.4, 0.5) is 14.5 Å². The standard InChI is InChI=1S/C9H9ClF2N2O2/c10-3-4-1-5(2-6(15)16)14-8(7(4)13)9(11)12/h1,9H,2-3,13H2,(H,15,16). The fourth-order valence-electron chi connectivity index (χ4n) is 1.21. The molecule has 0 aliphatic heterocycles. The van der Waals surface area contributed by atoms with E-state index in [0.717, 1.165) is 0 Å². The maximum atomic E-state index is 12.5. The Kier molecular flexibility index (Phi) is 4.00. The van der Waals surface area contributed by atoms with Gasteiger partial charge in [0, 0.05) is 5.88 Å². The molecule has 0 saturated heterocycles. The molecule has 0 unspecified atom stereocenters. The van der Waals surface area contributed by atoms with Crippen LogP contribution in [-0.2, 0) is 17.1 Å². The molecule has 1 heterocycles. The highest BCUT2D eigenvalue weighted by Crippen LogP contribution is 2.27. The summed E-state index contributed by atoms with van der Waals surface area (Å²) in [6.07, 6.45) is -3.29. The van der Waals surface area contributed by atoms with Crippen molar-refractivity contribution in [3.8, 4) is 0 Å². The van der Waals surface area contributed by atoms with Gasteiger partial charge in [-0.25, -0.2) is 13.8 Å². The van der Waals surface area contributed by atoms with Crippen LogP contribution in [0.1, 0.15) is 23.4 Å². The lowest BCUT2D eigenvalue weighted by atomic mass is 10.1. The second-order valence-electron chi connectivity index (χ2n) is 3.08. The highest BCUT2D eigenvalue weighted by atomic mass is 35.5. The Balaban J connectivity index is 3.22. The van der Waals surface area contributed by atoms with E-state index in [-0.39, 0.29) is 22.8 Å². The number of nitrogens with two attached hydrogens (primary N) is 1. The van der Waals surface area contributed by atoms with Crippen molar-refractivity contribution in [3.05, 3.63) is 23.0 Å². The van der Waals surface area contributed by atoms with Gasteiger partial charge in [0.05, 0.1) is 17.8 Å². The maximum absolute atomic E-state index is 12.5. The molecule has 0 saturated carbocycles. The van der Waals surface area contributed by atoms with Gasteiger partial charge < -0.3 is 10.8 Å². The first-order chi connectivity index (χ1) is 7.45. The monoisotopic (exact) mass is 250 g/mol. The third kappa shape index (κ3) is 2.79. The van der Waals surface area contributed by atoms with E-state index in [0.29, 0.717) is 0 Å². The zero-order valence-corrected chi connectivity index (χ0v) is 8.84. The van der Waals surface area contributed by atoms with E-state index >= 15 is 0 Å². The Hall–Kier alpha value is -1.43. The number of carboxylic acids is 1. The minimum absolute atomic E-state index is 0.0210. The highest BCUT2D eigenvalue weighted by Gasteiger charge is 2.18. The number of nitrogen functional groups attached to an aromatic ring is 1. The summed E-state index contributed by atoms with van der Waals surface area (Å²) in [5.74, 6) is -1.22. The number of nitrogens with zero attached hydrogens (tertiary/aromatic N) is 1. The van der Waals surface area contributed by atoms with Crippen LogP contribution < -0.4 is 5.73 Å². The van der Waals surface area contributed by atoms with Crippen LogP contribution in [0.25, 0.3) is 0 Å². The SMILES string of the molecule is Nc1c(CCl)cc(CC(=O)O)nc1C(F)F. The zero-order chi connectivity index (χ0) is 12.3. The van der Waals surface area contributed by atoms with E-state index in [2.05, 4.69) is 4.98 Å². The first-order valence-corrected chi connectivity index (χ1v) is 4.83. The van der Waals surface area contributed by atoms with Gasteiger partial charge in [0.1, 0.15) is 5.69 Å². The minimum atomic E-state index is -2.85. The lowest BCUT2D eigenvalue weighted by molar-refractivity contribution is -0.136. The van der Waals surface area contributed by atoms with Crippen molar-refractivity contribution in [3.63, 3.8) is 0 Å². The number of aliphatic carboxylic acids is 1. The molecular weight excluding hydrogens is 242 g/mol. The number of rotatable bonds is 4. The van der Waals surface area contributed by atoms with Crippen LogP contribution in [0.15, 0.2) is 6.07 Å². The summed E-state index contributed by atoms with van der Waals surface area (Å²) in [7, 11) is 0. The molecule has 0 amide bonds. The van der Waals surface area contributed by atoms with Crippen LogP contribution >= 0.6 is 11.6 Å². The quantitative estimate of drug-likeness (QED) is 0.801. The van der Waals surface area contributed by atoms with Gasteiger partial charge in [0.15, 0.2) is 0 Å². The van der Waals surface area contributed by atoms with Crippen LogP contribution in [0.5, 0.6) is 0 Å². The minimum Gasteiger partial charge on any atom is -0.481 e. The van der Waals surface area contributed by atoms with Crippen molar-refractivity contribution in [2.45, 2.75) is 18.7 Å². The molecule has 88 valence electrons. The molecule has 0 aromatic carbocycles. The Bertz CT molecular complexity index is 413. The van der Waals surface area contributed by atoms with Crippen LogP contribution in [-0.4, -0.2) is 16.1 Å². The highest BCUT2D eigenvalue weighted by molar-refractivity contribution is 6.17. The third-order valence-electron chi connectivity index (χ3n) is 1.91. The molecule has 4 nitrogen and oxygen atoms in total. The smallest absolute Gasteiger partial charge is 0.309 e. The first-order valence-electron chi connectivity index (χ1n) is 4.29. The van der Waals surface area contributed by atoms with Gasteiger partial charge in [-0.3, -0.25) is 4.79 Å². The number of pyridine rings is 1. The molecule has 0 aliphatic carbocycles. The van der Waals surface area contributed by atoms with E-state index in [1.54, 1.807) is 0 Å². The van der Waals surface area contributed by atoms with Crippen molar-refractivity contribution in [2.24, 2.45) is 0 Å². The predicted octanol–water partition coefficient (Wildman–Crippen LogP) is 1.97. The van der Waals surface area contributed by atoms with E-state index in [9.17, 15) is 13.6 Å². The fourth-order valence-corrected chi connectivity index (χ4v) is 1.43. The van der Waals surface area contributed by atoms with Gasteiger partial charge in [-0.2, -0.15) is 0 Å². The van der Waals surface area contributed by atoms with Crippen molar-refractivity contribution >= 4 is 23.3 Å². The molecular formula is C9H9ClF2N2O2. The summed E-state index contributed by atoms with van der Waals surface area (Å²) in [6, 6.07) is 1.32. The number of carbonyl (C=O) groups is 1. The summed E-state index contributed by atoms with van der Waals surface area (Å²) in [4.78, 5) is 13.9. The van der Waals surface area contributed by atoms with E-state index in [1.165, 1.54) is 6.07 Å². The number of hydrogen-bond donors (Lipinski definition) is 2. The van der Waals surface area contributed by atoms with Gasteiger partial charge in [0.25, 0.3) is 6.43 Å². The zero-order valence-electron chi connectivity index (χ0n) is 8.08. The molecule has 0 aliphatic rings. The lowest BCUT2D eigenvalue weighted by Gasteiger charge is -2.10. The molecule has 0 bridgehead atoms. The molecule has 7 heteroatoms. The Labute approximate surface area is 95.0 Å². The summed E-state index contributed by atoms with van der Waals surface area (Å²) in [5.41, 5.74) is 4.91. The number of halogens is 3.